The molecule has 0 spiro atoms. The van der Waals surface area contributed by atoms with Gasteiger partial charge in [0.1, 0.15) is 4.47 Å². The average Bonchev–Trinajstić information content (AvgIpc) is 2.63. The van der Waals surface area contributed by atoms with Crippen molar-refractivity contribution < 1.29 is 0 Å². The number of halogens is 1. The average molecular weight is 398 g/mol. The Morgan fingerprint density at radius 1 is 1.04 bits per heavy atom. The van der Waals surface area contributed by atoms with Crippen LogP contribution in [0.15, 0.2) is 80.0 Å². The van der Waals surface area contributed by atoms with Crippen molar-refractivity contribution in [1.29, 1.82) is 0 Å². The summed E-state index contributed by atoms with van der Waals surface area (Å²) in [5, 5.41) is 4.18. The third-order valence-electron chi connectivity index (χ3n) is 3.70. The molecule has 6 heteroatoms. The fourth-order valence-electron chi connectivity index (χ4n) is 2.32. The minimum atomic E-state index is -0.485. The van der Waals surface area contributed by atoms with Gasteiger partial charge in [0.05, 0.1) is 19.0 Å². The third-order valence-corrected chi connectivity index (χ3v) is 4.25. The van der Waals surface area contributed by atoms with Gasteiger partial charge < -0.3 is 0 Å². The van der Waals surface area contributed by atoms with Gasteiger partial charge in [-0.2, -0.15) is 9.78 Å². The molecule has 3 aromatic rings. The lowest BCUT2D eigenvalue weighted by atomic mass is 10.1. The predicted octanol–water partition coefficient (Wildman–Crippen LogP) is 3.01. The Morgan fingerprint density at radius 2 is 1.72 bits per heavy atom. The number of benzene rings is 2. The molecular formula is C19H16BrN3O2. The number of nitrogens with zero attached hydrogens (tertiary/aromatic N) is 3. The number of aromatic nitrogens is 2. The SMILES string of the molecule is Cc1ccc(Cn2c(=O)c(Br)cn(/N=C/c3ccccc3)c2=O)cc1. The first-order valence-corrected chi connectivity index (χ1v) is 8.51. The molecule has 0 amide bonds. The highest BCUT2D eigenvalue weighted by atomic mass is 79.9. The number of rotatable bonds is 4. The Balaban J connectivity index is 2.00. The van der Waals surface area contributed by atoms with Crippen LogP contribution in [0.4, 0.5) is 0 Å². The normalized spacial score (nSPS) is 11.1. The second-order valence-corrected chi connectivity index (χ2v) is 6.49. The molecule has 0 radical (unpaired) electrons. The van der Waals surface area contributed by atoms with E-state index in [2.05, 4.69) is 21.0 Å². The number of hydrogen-bond acceptors (Lipinski definition) is 3. The van der Waals surface area contributed by atoms with Crippen LogP contribution in [0.2, 0.25) is 0 Å². The summed E-state index contributed by atoms with van der Waals surface area (Å²) in [5.41, 5.74) is 2.00. The monoisotopic (exact) mass is 397 g/mol. The summed E-state index contributed by atoms with van der Waals surface area (Å²) in [6, 6.07) is 17.1. The van der Waals surface area contributed by atoms with Crippen LogP contribution in [0.5, 0.6) is 0 Å². The maximum absolute atomic E-state index is 12.6. The molecule has 5 nitrogen and oxygen atoms in total. The van der Waals surface area contributed by atoms with Crippen LogP contribution < -0.4 is 11.2 Å². The van der Waals surface area contributed by atoms with E-state index in [0.29, 0.717) is 0 Å². The molecule has 1 aromatic heterocycles. The summed E-state index contributed by atoms with van der Waals surface area (Å²) >= 11 is 3.22. The Hall–Kier alpha value is -2.73. The number of hydrogen-bond donors (Lipinski definition) is 0. The zero-order valence-corrected chi connectivity index (χ0v) is 15.2. The van der Waals surface area contributed by atoms with E-state index >= 15 is 0 Å². The zero-order chi connectivity index (χ0) is 17.8. The van der Waals surface area contributed by atoms with Gasteiger partial charge >= 0.3 is 5.69 Å². The topological polar surface area (TPSA) is 56.4 Å². The van der Waals surface area contributed by atoms with Crippen molar-refractivity contribution in [2.45, 2.75) is 13.5 Å². The summed E-state index contributed by atoms with van der Waals surface area (Å²) in [6.07, 6.45) is 2.96. The van der Waals surface area contributed by atoms with Crippen molar-refractivity contribution >= 4 is 22.1 Å². The highest BCUT2D eigenvalue weighted by Crippen LogP contribution is 2.05. The molecule has 0 aliphatic carbocycles. The minimum Gasteiger partial charge on any atom is -0.268 e. The molecule has 0 aliphatic rings. The molecule has 3 rings (SSSR count). The van der Waals surface area contributed by atoms with Gasteiger partial charge in [0.2, 0.25) is 0 Å². The zero-order valence-electron chi connectivity index (χ0n) is 13.6. The van der Waals surface area contributed by atoms with Crippen LogP contribution in [0, 0.1) is 6.92 Å². The smallest absolute Gasteiger partial charge is 0.268 e. The lowest BCUT2D eigenvalue weighted by molar-refractivity contribution is 0.627. The molecule has 0 saturated carbocycles. The molecule has 25 heavy (non-hydrogen) atoms. The summed E-state index contributed by atoms with van der Waals surface area (Å²) in [4.78, 5) is 25.0. The third kappa shape index (κ3) is 4.03. The molecule has 0 N–H and O–H groups in total. The molecule has 2 aromatic carbocycles. The molecule has 1 heterocycles. The molecule has 0 unspecified atom stereocenters. The lowest BCUT2D eigenvalue weighted by Crippen LogP contribution is -2.39. The van der Waals surface area contributed by atoms with Crippen LogP contribution in [-0.2, 0) is 6.54 Å². The van der Waals surface area contributed by atoms with Gasteiger partial charge in [-0.25, -0.2) is 4.79 Å². The Morgan fingerprint density at radius 3 is 2.40 bits per heavy atom. The van der Waals surface area contributed by atoms with E-state index in [0.717, 1.165) is 25.9 Å². The van der Waals surface area contributed by atoms with E-state index in [1.807, 2.05) is 61.5 Å². The summed E-state index contributed by atoms with van der Waals surface area (Å²) in [6.45, 7) is 2.18. The predicted molar refractivity (Wildman–Crippen MR) is 102 cm³/mol. The second kappa shape index (κ2) is 7.44. The van der Waals surface area contributed by atoms with E-state index < -0.39 is 5.69 Å². The highest BCUT2D eigenvalue weighted by Gasteiger charge is 2.10. The standard InChI is InChI=1S/C19H16BrN3O2/c1-14-7-9-16(10-8-14)12-22-18(24)17(20)13-23(19(22)25)21-11-15-5-3-2-4-6-15/h2-11,13H,12H2,1H3/b21-11+. The number of aryl methyl sites for hydroxylation is 1. The second-order valence-electron chi connectivity index (χ2n) is 5.64. The first kappa shape index (κ1) is 17.1. The van der Waals surface area contributed by atoms with Gasteiger partial charge in [-0.15, -0.1) is 0 Å². The van der Waals surface area contributed by atoms with Crippen molar-refractivity contribution in [3.63, 3.8) is 0 Å². The van der Waals surface area contributed by atoms with E-state index in [1.165, 1.54) is 6.20 Å². The van der Waals surface area contributed by atoms with Crippen molar-refractivity contribution in [3.8, 4) is 0 Å². The van der Waals surface area contributed by atoms with Crippen molar-refractivity contribution in [2.75, 3.05) is 0 Å². The summed E-state index contributed by atoms with van der Waals surface area (Å²) in [5.74, 6) is 0. The van der Waals surface area contributed by atoms with Gasteiger partial charge in [0.25, 0.3) is 5.56 Å². The van der Waals surface area contributed by atoms with Crippen molar-refractivity contribution in [1.82, 2.24) is 9.24 Å². The van der Waals surface area contributed by atoms with Crippen molar-refractivity contribution in [2.24, 2.45) is 5.10 Å². The molecule has 0 bridgehead atoms. The molecular weight excluding hydrogens is 382 g/mol. The van der Waals surface area contributed by atoms with Gasteiger partial charge in [0, 0.05) is 0 Å². The Labute approximate surface area is 153 Å². The highest BCUT2D eigenvalue weighted by molar-refractivity contribution is 9.10. The lowest BCUT2D eigenvalue weighted by Gasteiger charge is -2.08. The van der Waals surface area contributed by atoms with E-state index in [4.69, 9.17) is 0 Å². The van der Waals surface area contributed by atoms with Crippen LogP contribution in [0.1, 0.15) is 16.7 Å². The first-order chi connectivity index (χ1) is 12.0. The summed E-state index contributed by atoms with van der Waals surface area (Å²) < 4.78 is 2.61. The Bertz CT molecular complexity index is 1020. The molecule has 126 valence electrons. The van der Waals surface area contributed by atoms with Crippen molar-refractivity contribution in [3.05, 3.63) is 103 Å². The van der Waals surface area contributed by atoms with E-state index in [9.17, 15) is 9.59 Å². The minimum absolute atomic E-state index is 0.193. The molecule has 0 fully saturated rings. The fraction of sp³-hybridized carbons (Fsp3) is 0.105. The van der Waals surface area contributed by atoms with Crippen LogP contribution in [0.25, 0.3) is 0 Å². The van der Waals surface area contributed by atoms with Gasteiger partial charge in [-0.1, -0.05) is 60.2 Å². The Kier molecular flexibility index (Phi) is 5.09. The van der Waals surface area contributed by atoms with Crippen LogP contribution in [0.3, 0.4) is 0 Å². The molecule has 0 aliphatic heterocycles. The largest absolute Gasteiger partial charge is 0.351 e. The maximum atomic E-state index is 12.6. The maximum Gasteiger partial charge on any atom is 0.351 e. The summed E-state index contributed by atoms with van der Waals surface area (Å²) in [7, 11) is 0. The van der Waals surface area contributed by atoms with E-state index in [-0.39, 0.29) is 16.6 Å². The van der Waals surface area contributed by atoms with Gasteiger partial charge in [-0.05, 0) is 34.0 Å². The molecule has 0 saturated heterocycles. The quantitative estimate of drug-likeness (QED) is 0.635. The fourth-order valence-corrected chi connectivity index (χ4v) is 2.73. The van der Waals surface area contributed by atoms with Gasteiger partial charge in [-0.3, -0.25) is 9.36 Å². The van der Waals surface area contributed by atoms with Crippen LogP contribution >= 0.6 is 15.9 Å². The van der Waals surface area contributed by atoms with Gasteiger partial charge in [0.15, 0.2) is 0 Å². The molecule has 0 atom stereocenters. The van der Waals surface area contributed by atoms with E-state index in [1.54, 1.807) is 6.21 Å². The van der Waals surface area contributed by atoms with Crippen LogP contribution in [-0.4, -0.2) is 15.5 Å². The first-order valence-electron chi connectivity index (χ1n) is 7.71.